The van der Waals surface area contributed by atoms with Gasteiger partial charge in [0.15, 0.2) is 11.6 Å². The van der Waals surface area contributed by atoms with Crippen LogP contribution in [0.1, 0.15) is 24.8 Å². The second-order valence-electron chi connectivity index (χ2n) is 4.75. The summed E-state index contributed by atoms with van der Waals surface area (Å²) in [4.78, 5) is 0. The maximum Gasteiger partial charge on any atom is 0.159 e. The van der Waals surface area contributed by atoms with Crippen LogP contribution >= 0.6 is 0 Å². The molecule has 1 saturated heterocycles. The highest BCUT2D eigenvalue weighted by Crippen LogP contribution is 2.19. The van der Waals surface area contributed by atoms with Crippen LogP contribution in [0.2, 0.25) is 0 Å². The Morgan fingerprint density at radius 2 is 2.17 bits per heavy atom. The van der Waals surface area contributed by atoms with Gasteiger partial charge in [-0.05, 0) is 50.4 Å². The van der Waals surface area contributed by atoms with Crippen LogP contribution in [0.4, 0.5) is 8.78 Å². The number of hydrogen-bond acceptors (Lipinski definition) is 2. The highest BCUT2D eigenvalue weighted by molar-refractivity contribution is 5.19. The van der Waals surface area contributed by atoms with Crippen molar-refractivity contribution in [2.24, 2.45) is 0 Å². The summed E-state index contributed by atoms with van der Waals surface area (Å²) in [5, 5.41) is 3.21. The lowest BCUT2D eigenvalue weighted by atomic mass is 9.96. The molecule has 2 rings (SSSR count). The standard InChI is InChI=1S/C14H19F2NO/c1-17-13(14-4-2-3-7-18-14)9-10-5-6-11(15)12(16)8-10/h5-6,8,13-14,17H,2-4,7,9H2,1H3. The molecule has 0 spiro atoms. The first kappa shape index (κ1) is 13.4. The first-order valence-corrected chi connectivity index (χ1v) is 6.43. The fraction of sp³-hybridized carbons (Fsp3) is 0.571. The smallest absolute Gasteiger partial charge is 0.159 e. The molecule has 0 radical (unpaired) electrons. The van der Waals surface area contributed by atoms with Gasteiger partial charge in [0.25, 0.3) is 0 Å². The van der Waals surface area contributed by atoms with Crippen LogP contribution in [0.5, 0.6) is 0 Å². The predicted octanol–water partition coefficient (Wildman–Crippen LogP) is 2.66. The van der Waals surface area contributed by atoms with Gasteiger partial charge in [0, 0.05) is 12.6 Å². The van der Waals surface area contributed by atoms with Crippen LogP contribution in [0.3, 0.4) is 0 Å². The van der Waals surface area contributed by atoms with Crippen molar-refractivity contribution in [3.8, 4) is 0 Å². The molecule has 2 nitrogen and oxygen atoms in total. The zero-order valence-electron chi connectivity index (χ0n) is 10.6. The summed E-state index contributed by atoms with van der Waals surface area (Å²) in [6.45, 7) is 0.792. The van der Waals surface area contributed by atoms with Crippen LogP contribution in [-0.2, 0) is 11.2 Å². The number of rotatable bonds is 4. The summed E-state index contributed by atoms with van der Waals surface area (Å²) in [5.41, 5.74) is 0.794. The summed E-state index contributed by atoms with van der Waals surface area (Å²) in [7, 11) is 1.88. The van der Waals surface area contributed by atoms with Crippen molar-refractivity contribution in [1.82, 2.24) is 5.32 Å². The molecule has 0 saturated carbocycles. The van der Waals surface area contributed by atoms with Crippen molar-refractivity contribution < 1.29 is 13.5 Å². The molecule has 100 valence electrons. The Balaban J connectivity index is 2.02. The zero-order valence-corrected chi connectivity index (χ0v) is 10.6. The average Bonchev–Trinajstić information content (AvgIpc) is 2.41. The van der Waals surface area contributed by atoms with Gasteiger partial charge in [0.1, 0.15) is 0 Å². The Kier molecular flexibility index (Phi) is 4.66. The van der Waals surface area contributed by atoms with Gasteiger partial charge in [0.05, 0.1) is 6.10 Å². The minimum absolute atomic E-state index is 0.148. The molecule has 0 aliphatic carbocycles. The summed E-state index contributed by atoms with van der Waals surface area (Å²) in [5.74, 6) is -1.58. The van der Waals surface area contributed by atoms with Gasteiger partial charge in [-0.15, -0.1) is 0 Å². The van der Waals surface area contributed by atoms with Crippen molar-refractivity contribution in [2.75, 3.05) is 13.7 Å². The van der Waals surface area contributed by atoms with Crippen molar-refractivity contribution in [1.29, 1.82) is 0 Å². The van der Waals surface area contributed by atoms with Crippen molar-refractivity contribution in [3.05, 3.63) is 35.4 Å². The largest absolute Gasteiger partial charge is 0.377 e. The third kappa shape index (κ3) is 3.27. The van der Waals surface area contributed by atoms with Gasteiger partial charge in [-0.3, -0.25) is 0 Å². The molecule has 1 N–H and O–H groups in total. The van der Waals surface area contributed by atoms with Crippen LogP contribution in [-0.4, -0.2) is 25.8 Å². The van der Waals surface area contributed by atoms with Gasteiger partial charge < -0.3 is 10.1 Å². The van der Waals surface area contributed by atoms with E-state index in [0.29, 0.717) is 6.42 Å². The number of hydrogen-bond donors (Lipinski definition) is 1. The molecule has 1 fully saturated rings. The molecule has 2 unspecified atom stereocenters. The second kappa shape index (κ2) is 6.25. The Hall–Kier alpha value is -1.00. The average molecular weight is 255 g/mol. The van der Waals surface area contributed by atoms with E-state index in [1.165, 1.54) is 18.6 Å². The van der Waals surface area contributed by atoms with Crippen LogP contribution in [0.25, 0.3) is 0 Å². The van der Waals surface area contributed by atoms with Gasteiger partial charge in [-0.2, -0.15) is 0 Å². The van der Waals surface area contributed by atoms with E-state index in [2.05, 4.69) is 5.32 Å². The monoisotopic (exact) mass is 255 g/mol. The number of ether oxygens (including phenoxy) is 1. The van der Waals surface area contributed by atoms with Gasteiger partial charge in [0.2, 0.25) is 0 Å². The molecule has 2 atom stereocenters. The predicted molar refractivity (Wildman–Crippen MR) is 66.5 cm³/mol. The fourth-order valence-corrected chi connectivity index (χ4v) is 2.42. The van der Waals surface area contributed by atoms with E-state index < -0.39 is 11.6 Å². The summed E-state index contributed by atoms with van der Waals surface area (Å²) in [6, 6.07) is 4.22. The number of nitrogens with one attached hydrogen (secondary N) is 1. The van der Waals surface area contributed by atoms with E-state index in [1.807, 2.05) is 7.05 Å². The van der Waals surface area contributed by atoms with Crippen molar-refractivity contribution >= 4 is 0 Å². The SMILES string of the molecule is CNC(Cc1ccc(F)c(F)c1)C1CCCCO1. The number of likely N-dealkylation sites (N-methyl/N-ethyl adjacent to an activating group) is 1. The molecule has 1 aromatic rings. The zero-order chi connectivity index (χ0) is 13.0. The molecule has 4 heteroatoms. The summed E-state index contributed by atoms with van der Waals surface area (Å²) in [6.07, 6.45) is 4.11. The Bertz CT molecular complexity index is 391. The molecular formula is C14H19F2NO. The molecule has 0 amide bonds. The minimum Gasteiger partial charge on any atom is -0.377 e. The lowest BCUT2D eigenvalue weighted by Crippen LogP contribution is -2.42. The molecule has 18 heavy (non-hydrogen) atoms. The van der Waals surface area contributed by atoms with Gasteiger partial charge >= 0.3 is 0 Å². The van der Waals surface area contributed by atoms with E-state index in [-0.39, 0.29) is 12.1 Å². The quantitative estimate of drug-likeness (QED) is 0.893. The highest BCUT2D eigenvalue weighted by Gasteiger charge is 2.23. The van der Waals surface area contributed by atoms with E-state index in [1.54, 1.807) is 6.07 Å². The number of halogens is 2. The molecule has 1 aliphatic heterocycles. The van der Waals surface area contributed by atoms with Crippen molar-refractivity contribution in [3.63, 3.8) is 0 Å². The van der Waals surface area contributed by atoms with Crippen LogP contribution in [0.15, 0.2) is 18.2 Å². The summed E-state index contributed by atoms with van der Waals surface area (Å²) >= 11 is 0. The Morgan fingerprint density at radius 1 is 1.33 bits per heavy atom. The maximum absolute atomic E-state index is 13.1. The molecule has 0 bridgehead atoms. The molecule has 1 aromatic carbocycles. The number of benzene rings is 1. The first-order chi connectivity index (χ1) is 8.70. The molecule has 1 aliphatic rings. The van der Waals surface area contributed by atoms with E-state index in [9.17, 15) is 8.78 Å². The van der Waals surface area contributed by atoms with E-state index >= 15 is 0 Å². The van der Waals surface area contributed by atoms with E-state index in [0.717, 1.165) is 25.0 Å². The third-order valence-electron chi connectivity index (χ3n) is 3.47. The maximum atomic E-state index is 13.1. The molecule has 1 heterocycles. The highest BCUT2D eigenvalue weighted by atomic mass is 19.2. The van der Waals surface area contributed by atoms with Crippen molar-refractivity contribution in [2.45, 2.75) is 37.8 Å². The fourth-order valence-electron chi connectivity index (χ4n) is 2.42. The van der Waals surface area contributed by atoms with Gasteiger partial charge in [-0.25, -0.2) is 8.78 Å². The normalized spacial score (nSPS) is 21.8. The first-order valence-electron chi connectivity index (χ1n) is 6.43. The Labute approximate surface area is 106 Å². The lowest BCUT2D eigenvalue weighted by molar-refractivity contribution is -0.00588. The summed E-state index contributed by atoms with van der Waals surface area (Å²) < 4.78 is 31.7. The van der Waals surface area contributed by atoms with E-state index in [4.69, 9.17) is 4.74 Å². The second-order valence-corrected chi connectivity index (χ2v) is 4.75. The molecular weight excluding hydrogens is 236 g/mol. The van der Waals surface area contributed by atoms with Crippen LogP contribution in [0, 0.1) is 11.6 Å². The topological polar surface area (TPSA) is 21.3 Å². The lowest BCUT2D eigenvalue weighted by Gasteiger charge is -2.30. The minimum atomic E-state index is -0.798. The molecule has 0 aromatic heterocycles. The van der Waals surface area contributed by atoms with Gasteiger partial charge in [-0.1, -0.05) is 6.07 Å². The third-order valence-corrected chi connectivity index (χ3v) is 3.47. The van der Waals surface area contributed by atoms with Crippen LogP contribution < -0.4 is 5.32 Å². The Morgan fingerprint density at radius 3 is 2.78 bits per heavy atom.